The van der Waals surface area contributed by atoms with Gasteiger partial charge in [0, 0.05) is 24.7 Å². The average Bonchev–Trinajstić information content (AvgIpc) is 3.28. The van der Waals surface area contributed by atoms with E-state index in [0.29, 0.717) is 25.1 Å². The lowest BCUT2D eigenvalue weighted by atomic mass is 9.93. The number of nitrogens with zero attached hydrogens (tertiary/aromatic N) is 4. The third kappa shape index (κ3) is 3.30. The molecule has 0 saturated heterocycles. The molecule has 1 atom stereocenters. The number of rotatable bonds is 5. The van der Waals surface area contributed by atoms with E-state index in [4.69, 9.17) is 4.74 Å². The van der Waals surface area contributed by atoms with Crippen molar-refractivity contribution in [2.24, 2.45) is 0 Å². The zero-order valence-electron chi connectivity index (χ0n) is 15.4. The Morgan fingerprint density at radius 2 is 2.19 bits per heavy atom. The van der Waals surface area contributed by atoms with E-state index in [1.807, 2.05) is 35.8 Å². The standard InChI is InChI=1S/C19H22N6O2/c1-3-25-11-21-24-17(25)9-16-22-14-8-12(10-20-19(26)18(14)23-16)13-6-4-5-7-15(13)27-2/h4-7,11-12H,3,8-10H2,1-2H3,(H,20,26)(H,22,23). The molecule has 27 heavy (non-hydrogen) atoms. The highest BCUT2D eigenvalue weighted by atomic mass is 16.5. The second-order valence-electron chi connectivity index (χ2n) is 6.57. The summed E-state index contributed by atoms with van der Waals surface area (Å²) in [6, 6.07) is 7.92. The van der Waals surface area contributed by atoms with Crippen LogP contribution in [0.1, 0.15) is 46.2 Å². The fraction of sp³-hybridized carbons (Fsp3) is 0.368. The van der Waals surface area contributed by atoms with Crippen molar-refractivity contribution in [1.82, 2.24) is 30.0 Å². The number of carbonyl (C=O) groups is 1. The van der Waals surface area contributed by atoms with Crippen LogP contribution in [0.25, 0.3) is 0 Å². The van der Waals surface area contributed by atoms with Gasteiger partial charge in [0.25, 0.3) is 5.91 Å². The molecular weight excluding hydrogens is 344 g/mol. The largest absolute Gasteiger partial charge is 0.496 e. The van der Waals surface area contributed by atoms with Crippen LogP contribution < -0.4 is 10.1 Å². The van der Waals surface area contributed by atoms with Crippen LogP contribution >= 0.6 is 0 Å². The first-order valence-electron chi connectivity index (χ1n) is 9.05. The molecule has 140 valence electrons. The molecule has 0 aliphatic carbocycles. The summed E-state index contributed by atoms with van der Waals surface area (Å²) >= 11 is 0. The number of hydrogen-bond acceptors (Lipinski definition) is 5. The van der Waals surface area contributed by atoms with Crippen molar-refractivity contribution < 1.29 is 9.53 Å². The maximum atomic E-state index is 12.5. The molecular formula is C19H22N6O2. The van der Waals surface area contributed by atoms with Gasteiger partial charge >= 0.3 is 0 Å². The molecule has 8 nitrogen and oxygen atoms in total. The summed E-state index contributed by atoms with van der Waals surface area (Å²) in [5, 5.41) is 11.1. The van der Waals surface area contributed by atoms with Crippen LogP contribution in [0.15, 0.2) is 30.6 Å². The number of methoxy groups -OCH3 is 1. The molecule has 1 aliphatic heterocycles. The Hall–Kier alpha value is -3.16. The van der Waals surface area contributed by atoms with Gasteiger partial charge in [0.1, 0.15) is 29.4 Å². The van der Waals surface area contributed by atoms with Crippen molar-refractivity contribution in [3.05, 3.63) is 59.2 Å². The van der Waals surface area contributed by atoms with Crippen LogP contribution in [0, 0.1) is 0 Å². The Labute approximate surface area is 157 Å². The first kappa shape index (κ1) is 17.3. The molecule has 1 aromatic carbocycles. The normalized spacial score (nSPS) is 16.5. The number of aromatic amines is 1. The molecule has 1 aliphatic rings. The van der Waals surface area contributed by atoms with E-state index in [9.17, 15) is 4.79 Å². The van der Waals surface area contributed by atoms with Crippen LogP contribution in [0.2, 0.25) is 0 Å². The van der Waals surface area contributed by atoms with Gasteiger partial charge in [-0.15, -0.1) is 10.2 Å². The van der Waals surface area contributed by atoms with Crippen molar-refractivity contribution >= 4 is 5.91 Å². The predicted molar refractivity (Wildman–Crippen MR) is 98.9 cm³/mol. The van der Waals surface area contributed by atoms with E-state index in [1.165, 1.54) is 0 Å². The first-order chi connectivity index (χ1) is 13.2. The van der Waals surface area contributed by atoms with Crippen LogP contribution in [0.3, 0.4) is 0 Å². The molecule has 0 spiro atoms. The molecule has 3 aromatic rings. The third-order valence-electron chi connectivity index (χ3n) is 4.94. The fourth-order valence-corrected chi connectivity index (χ4v) is 3.55. The molecule has 0 radical (unpaired) electrons. The molecule has 2 aromatic heterocycles. The summed E-state index contributed by atoms with van der Waals surface area (Å²) in [6.45, 7) is 3.37. The lowest BCUT2D eigenvalue weighted by Crippen LogP contribution is -2.26. The number of hydrogen-bond donors (Lipinski definition) is 2. The molecule has 4 rings (SSSR count). The molecule has 0 saturated carbocycles. The van der Waals surface area contributed by atoms with Crippen molar-refractivity contribution in [1.29, 1.82) is 0 Å². The van der Waals surface area contributed by atoms with Crippen LogP contribution in [-0.4, -0.2) is 44.3 Å². The van der Waals surface area contributed by atoms with Gasteiger partial charge < -0.3 is 19.6 Å². The zero-order chi connectivity index (χ0) is 18.8. The minimum Gasteiger partial charge on any atom is -0.496 e. The lowest BCUT2D eigenvalue weighted by molar-refractivity contribution is 0.0950. The number of imidazole rings is 1. The van der Waals surface area contributed by atoms with Crippen molar-refractivity contribution in [2.45, 2.75) is 32.2 Å². The van der Waals surface area contributed by atoms with Crippen LogP contribution in [0.5, 0.6) is 5.75 Å². The molecule has 3 heterocycles. The van der Waals surface area contributed by atoms with Gasteiger partial charge in [-0.05, 0) is 25.0 Å². The van der Waals surface area contributed by atoms with Gasteiger partial charge in [-0.3, -0.25) is 4.79 Å². The van der Waals surface area contributed by atoms with Crippen LogP contribution in [-0.2, 0) is 19.4 Å². The molecule has 1 amide bonds. The van der Waals surface area contributed by atoms with E-state index in [-0.39, 0.29) is 11.8 Å². The summed E-state index contributed by atoms with van der Waals surface area (Å²) in [7, 11) is 1.66. The molecule has 2 N–H and O–H groups in total. The smallest absolute Gasteiger partial charge is 0.271 e. The van der Waals surface area contributed by atoms with E-state index < -0.39 is 0 Å². The second-order valence-corrected chi connectivity index (χ2v) is 6.57. The number of aromatic nitrogens is 5. The number of carbonyl (C=O) groups excluding carboxylic acids is 1. The topological polar surface area (TPSA) is 97.7 Å². The summed E-state index contributed by atoms with van der Waals surface area (Å²) < 4.78 is 7.46. The number of benzene rings is 1. The summed E-state index contributed by atoms with van der Waals surface area (Å²) in [4.78, 5) is 20.4. The highest BCUT2D eigenvalue weighted by Crippen LogP contribution is 2.30. The van der Waals surface area contributed by atoms with Crippen molar-refractivity contribution in [2.75, 3.05) is 13.7 Å². The van der Waals surface area contributed by atoms with Gasteiger partial charge in [0.2, 0.25) is 0 Å². The van der Waals surface area contributed by atoms with Gasteiger partial charge in [-0.1, -0.05) is 18.2 Å². The second kappa shape index (κ2) is 7.22. The number of para-hydroxylation sites is 1. The number of amides is 1. The molecule has 1 unspecified atom stereocenters. The molecule has 8 heteroatoms. The maximum absolute atomic E-state index is 12.5. The predicted octanol–water partition coefficient (Wildman–Crippen LogP) is 1.69. The van der Waals surface area contributed by atoms with Gasteiger partial charge in [0.15, 0.2) is 0 Å². The average molecular weight is 366 g/mol. The molecule has 0 fully saturated rings. The number of nitrogens with one attached hydrogen (secondary N) is 2. The number of H-pyrrole nitrogens is 1. The fourth-order valence-electron chi connectivity index (χ4n) is 3.55. The van der Waals surface area contributed by atoms with E-state index >= 15 is 0 Å². The Morgan fingerprint density at radius 3 is 3.00 bits per heavy atom. The Morgan fingerprint density at radius 1 is 1.33 bits per heavy atom. The third-order valence-corrected chi connectivity index (χ3v) is 4.94. The quantitative estimate of drug-likeness (QED) is 0.716. The monoisotopic (exact) mass is 366 g/mol. The number of ether oxygens (including phenoxy) is 1. The minimum atomic E-state index is -0.151. The van der Waals surface area contributed by atoms with Crippen molar-refractivity contribution in [3.8, 4) is 5.75 Å². The maximum Gasteiger partial charge on any atom is 0.271 e. The van der Waals surface area contributed by atoms with Gasteiger partial charge in [-0.2, -0.15) is 0 Å². The number of aryl methyl sites for hydroxylation is 1. The van der Waals surface area contributed by atoms with Gasteiger partial charge in [-0.25, -0.2) is 4.98 Å². The highest BCUT2D eigenvalue weighted by Gasteiger charge is 2.27. The summed E-state index contributed by atoms with van der Waals surface area (Å²) in [6.07, 6.45) is 2.89. The van der Waals surface area contributed by atoms with E-state index in [1.54, 1.807) is 13.4 Å². The SMILES string of the molecule is CCn1cnnc1Cc1nc2c([nH]1)CC(c1ccccc1OC)CNC2=O. The Kier molecular flexibility index (Phi) is 4.62. The molecule has 0 bridgehead atoms. The van der Waals surface area contributed by atoms with Crippen molar-refractivity contribution in [3.63, 3.8) is 0 Å². The first-order valence-corrected chi connectivity index (χ1v) is 9.05. The van der Waals surface area contributed by atoms with Gasteiger partial charge in [0.05, 0.1) is 13.5 Å². The zero-order valence-corrected chi connectivity index (χ0v) is 15.4. The summed E-state index contributed by atoms with van der Waals surface area (Å²) in [5.74, 6) is 2.33. The summed E-state index contributed by atoms with van der Waals surface area (Å²) in [5.41, 5.74) is 2.39. The van der Waals surface area contributed by atoms with E-state index in [2.05, 4.69) is 25.5 Å². The minimum absolute atomic E-state index is 0.110. The number of fused-ring (bicyclic) bond motifs is 1. The highest BCUT2D eigenvalue weighted by molar-refractivity contribution is 5.94. The van der Waals surface area contributed by atoms with Crippen LogP contribution in [0.4, 0.5) is 0 Å². The Balaban J connectivity index is 1.63. The Bertz CT molecular complexity index is 961. The lowest BCUT2D eigenvalue weighted by Gasteiger charge is -2.17. The van der Waals surface area contributed by atoms with E-state index in [0.717, 1.165) is 35.2 Å².